The monoisotopic (exact) mass is 244 g/mol. The predicted octanol–water partition coefficient (Wildman–Crippen LogP) is 1.72. The normalized spacial score (nSPS) is 9.88. The number of nitrogens with zero attached hydrogens (tertiary/aromatic N) is 2. The van der Waals surface area contributed by atoms with E-state index >= 15 is 0 Å². The second kappa shape index (κ2) is 5.36. The van der Waals surface area contributed by atoms with Gasteiger partial charge in [-0.25, -0.2) is 0 Å². The molecule has 3 N–H and O–H groups in total. The summed E-state index contributed by atoms with van der Waals surface area (Å²) in [5.74, 6) is 0. The lowest BCUT2D eigenvalue weighted by atomic mass is 10.2. The quantitative estimate of drug-likeness (QED) is 0.802. The molecule has 0 saturated heterocycles. The van der Waals surface area contributed by atoms with Crippen molar-refractivity contribution >= 4 is 22.9 Å². The van der Waals surface area contributed by atoms with Crippen molar-refractivity contribution in [1.82, 2.24) is 9.97 Å². The number of rotatable bonds is 4. The van der Waals surface area contributed by atoms with Gasteiger partial charge in [0.1, 0.15) is 4.99 Å². The van der Waals surface area contributed by atoms with Gasteiger partial charge in [-0.05, 0) is 23.8 Å². The number of thiocarbonyl (C=S) groups is 1. The lowest BCUT2D eigenvalue weighted by Gasteiger charge is -2.10. The van der Waals surface area contributed by atoms with Crippen LogP contribution >= 0.6 is 12.2 Å². The van der Waals surface area contributed by atoms with E-state index in [2.05, 4.69) is 15.3 Å². The molecule has 4 nitrogen and oxygen atoms in total. The first-order valence-electron chi connectivity index (χ1n) is 5.14. The topological polar surface area (TPSA) is 63.8 Å². The molecule has 17 heavy (non-hydrogen) atoms. The van der Waals surface area contributed by atoms with Gasteiger partial charge in [0.2, 0.25) is 0 Å². The summed E-state index contributed by atoms with van der Waals surface area (Å²) >= 11 is 4.98. The third kappa shape index (κ3) is 2.98. The largest absolute Gasteiger partial charge is 0.389 e. The number of pyridine rings is 2. The highest BCUT2D eigenvalue weighted by Gasteiger charge is 2.04. The van der Waals surface area contributed by atoms with Crippen LogP contribution < -0.4 is 11.1 Å². The average Bonchev–Trinajstić information content (AvgIpc) is 2.38. The summed E-state index contributed by atoms with van der Waals surface area (Å²) in [6, 6.07) is 5.70. The van der Waals surface area contributed by atoms with E-state index in [0.717, 1.165) is 16.8 Å². The maximum absolute atomic E-state index is 5.64. The van der Waals surface area contributed by atoms with Gasteiger partial charge in [0.05, 0.1) is 11.9 Å². The van der Waals surface area contributed by atoms with E-state index in [4.69, 9.17) is 18.0 Å². The number of hydrogen-bond acceptors (Lipinski definition) is 4. The van der Waals surface area contributed by atoms with Crippen molar-refractivity contribution in [1.29, 1.82) is 0 Å². The third-order valence-electron chi connectivity index (χ3n) is 2.32. The third-order valence-corrected chi connectivity index (χ3v) is 2.54. The Morgan fingerprint density at radius 1 is 1.18 bits per heavy atom. The fraction of sp³-hybridized carbons (Fsp3) is 0.0833. The molecule has 5 heteroatoms. The molecule has 0 bridgehead atoms. The molecule has 0 spiro atoms. The fourth-order valence-electron chi connectivity index (χ4n) is 1.45. The van der Waals surface area contributed by atoms with Crippen molar-refractivity contribution in [2.45, 2.75) is 6.54 Å². The van der Waals surface area contributed by atoms with Crippen LogP contribution in [0, 0.1) is 0 Å². The van der Waals surface area contributed by atoms with Crippen LogP contribution in [0.4, 0.5) is 5.69 Å². The maximum atomic E-state index is 5.64. The lowest BCUT2D eigenvalue weighted by Crippen LogP contribution is -2.13. The van der Waals surface area contributed by atoms with Crippen LogP contribution in [0.5, 0.6) is 0 Å². The molecule has 2 rings (SSSR count). The van der Waals surface area contributed by atoms with Crippen LogP contribution in [0.2, 0.25) is 0 Å². The van der Waals surface area contributed by atoms with Gasteiger partial charge in [0.15, 0.2) is 0 Å². The molecule has 2 aromatic heterocycles. The highest BCUT2D eigenvalue weighted by molar-refractivity contribution is 7.80. The van der Waals surface area contributed by atoms with E-state index in [9.17, 15) is 0 Å². The Balaban J connectivity index is 2.12. The predicted molar refractivity (Wildman–Crippen MR) is 71.7 cm³/mol. The molecule has 86 valence electrons. The summed E-state index contributed by atoms with van der Waals surface area (Å²) in [7, 11) is 0. The minimum Gasteiger partial charge on any atom is -0.389 e. The molecule has 0 saturated carbocycles. The molecule has 0 aliphatic heterocycles. The molecule has 0 unspecified atom stereocenters. The molecule has 0 amide bonds. The SMILES string of the molecule is NC(=S)c1ccncc1NCc1ccncc1. The Labute approximate surface area is 105 Å². The van der Waals surface area contributed by atoms with E-state index < -0.39 is 0 Å². The summed E-state index contributed by atoms with van der Waals surface area (Å²) in [6.07, 6.45) is 6.91. The van der Waals surface area contributed by atoms with Crippen molar-refractivity contribution in [3.8, 4) is 0 Å². The molecule has 0 fully saturated rings. The van der Waals surface area contributed by atoms with Gasteiger partial charge in [0, 0.05) is 30.7 Å². The van der Waals surface area contributed by atoms with Crippen LogP contribution in [0.15, 0.2) is 43.0 Å². The molecule has 0 atom stereocenters. The van der Waals surface area contributed by atoms with Gasteiger partial charge < -0.3 is 11.1 Å². The van der Waals surface area contributed by atoms with Crippen molar-refractivity contribution < 1.29 is 0 Å². The Morgan fingerprint density at radius 2 is 1.88 bits per heavy atom. The van der Waals surface area contributed by atoms with Crippen LogP contribution in [-0.4, -0.2) is 15.0 Å². The number of anilines is 1. The first kappa shape index (κ1) is 11.5. The average molecular weight is 244 g/mol. The standard InChI is InChI=1S/C12H12N4S/c13-12(17)10-3-6-15-8-11(10)16-7-9-1-4-14-5-2-9/h1-6,8,16H,7H2,(H2,13,17). The summed E-state index contributed by atoms with van der Waals surface area (Å²) < 4.78 is 0. The van der Waals surface area contributed by atoms with Crippen LogP contribution in [0.25, 0.3) is 0 Å². The van der Waals surface area contributed by atoms with Gasteiger partial charge in [-0.2, -0.15) is 0 Å². The summed E-state index contributed by atoms with van der Waals surface area (Å²) in [5.41, 5.74) is 8.43. The molecule has 0 aromatic carbocycles. The van der Waals surface area contributed by atoms with Crippen molar-refractivity contribution in [3.05, 3.63) is 54.1 Å². The first-order valence-corrected chi connectivity index (χ1v) is 5.55. The second-order valence-corrected chi connectivity index (χ2v) is 3.93. The van der Waals surface area contributed by atoms with Crippen LogP contribution in [0.1, 0.15) is 11.1 Å². The van der Waals surface area contributed by atoms with Gasteiger partial charge in [-0.1, -0.05) is 12.2 Å². The second-order valence-electron chi connectivity index (χ2n) is 3.49. The van der Waals surface area contributed by atoms with E-state index in [0.29, 0.717) is 11.5 Å². The summed E-state index contributed by atoms with van der Waals surface area (Å²) in [4.78, 5) is 8.38. The summed E-state index contributed by atoms with van der Waals surface area (Å²) in [5, 5.41) is 3.25. The van der Waals surface area contributed by atoms with Gasteiger partial charge in [0.25, 0.3) is 0 Å². The minimum atomic E-state index is 0.365. The fourth-order valence-corrected chi connectivity index (χ4v) is 1.63. The molecule has 0 radical (unpaired) electrons. The Hall–Kier alpha value is -2.01. The Kier molecular flexibility index (Phi) is 3.62. The smallest absolute Gasteiger partial charge is 0.106 e. The van der Waals surface area contributed by atoms with Crippen LogP contribution in [0.3, 0.4) is 0 Å². The molecule has 0 aliphatic rings. The lowest BCUT2D eigenvalue weighted by molar-refractivity contribution is 1.12. The van der Waals surface area contributed by atoms with Gasteiger partial charge in [-0.15, -0.1) is 0 Å². The van der Waals surface area contributed by atoms with Crippen molar-refractivity contribution in [2.75, 3.05) is 5.32 Å². The molecular weight excluding hydrogens is 232 g/mol. The van der Waals surface area contributed by atoms with E-state index in [1.165, 1.54) is 0 Å². The van der Waals surface area contributed by atoms with Gasteiger partial charge >= 0.3 is 0 Å². The van der Waals surface area contributed by atoms with E-state index in [1.807, 2.05) is 12.1 Å². The van der Waals surface area contributed by atoms with Crippen molar-refractivity contribution in [2.24, 2.45) is 5.73 Å². The number of hydrogen-bond donors (Lipinski definition) is 2. The highest BCUT2D eigenvalue weighted by Crippen LogP contribution is 2.14. The number of nitrogens with two attached hydrogens (primary N) is 1. The number of aromatic nitrogens is 2. The molecule has 0 aliphatic carbocycles. The summed E-state index contributed by atoms with van der Waals surface area (Å²) in [6.45, 7) is 0.684. The van der Waals surface area contributed by atoms with E-state index in [1.54, 1.807) is 30.9 Å². The number of nitrogens with one attached hydrogen (secondary N) is 1. The zero-order valence-corrected chi connectivity index (χ0v) is 9.95. The van der Waals surface area contributed by atoms with Crippen molar-refractivity contribution in [3.63, 3.8) is 0 Å². The van der Waals surface area contributed by atoms with Gasteiger partial charge in [-0.3, -0.25) is 9.97 Å². The molecular formula is C12H12N4S. The zero-order chi connectivity index (χ0) is 12.1. The minimum absolute atomic E-state index is 0.365. The maximum Gasteiger partial charge on any atom is 0.106 e. The highest BCUT2D eigenvalue weighted by atomic mass is 32.1. The molecule has 2 heterocycles. The van der Waals surface area contributed by atoms with Crippen LogP contribution in [-0.2, 0) is 6.54 Å². The molecule has 2 aromatic rings. The zero-order valence-electron chi connectivity index (χ0n) is 9.13. The Bertz CT molecular complexity index is 513. The Morgan fingerprint density at radius 3 is 2.59 bits per heavy atom. The first-order chi connectivity index (χ1) is 8.27. The van der Waals surface area contributed by atoms with E-state index in [-0.39, 0.29) is 0 Å².